The van der Waals surface area contributed by atoms with Gasteiger partial charge in [0.05, 0.1) is 17.7 Å². The standard InChI is InChI=1S/C15H18N4O4S2/c1-19-8-7-12-13(9-19)24-15(16-12)17-14(20)10-3-5-11(6-4-10)25(21,22)18-23-2/h3-6,18H,7-9H2,1-2H3,(H,16,17,20). The fourth-order valence-electron chi connectivity index (χ4n) is 2.49. The molecule has 25 heavy (non-hydrogen) atoms. The van der Waals surface area contributed by atoms with Gasteiger partial charge in [-0.25, -0.2) is 13.4 Å². The molecule has 2 N–H and O–H groups in total. The molecule has 1 aromatic carbocycles. The minimum atomic E-state index is -3.74. The van der Waals surface area contributed by atoms with Crippen LogP contribution in [0.4, 0.5) is 5.13 Å². The number of benzene rings is 1. The van der Waals surface area contributed by atoms with Crippen molar-refractivity contribution in [1.29, 1.82) is 0 Å². The van der Waals surface area contributed by atoms with E-state index in [1.165, 1.54) is 42.7 Å². The molecule has 0 spiro atoms. The van der Waals surface area contributed by atoms with Crippen molar-refractivity contribution in [2.75, 3.05) is 26.0 Å². The van der Waals surface area contributed by atoms with Gasteiger partial charge in [0.2, 0.25) is 0 Å². The number of carbonyl (C=O) groups is 1. The fraction of sp³-hybridized carbons (Fsp3) is 0.333. The number of rotatable bonds is 5. The van der Waals surface area contributed by atoms with E-state index in [0.29, 0.717) is 10.7 Å². The van der Waals surface area contributed by atoms with Crippen LogP contribution in [0.5, 0.6) is 0 Å². The first kappa shape index (κ1) is 18.0. The second kappa shape index (κ2) is 7.18. The molecule has 0 saturated heterocycles. The van der Waals surface area contributed by atoms with Crippen molar-refractivity contribution in [1.82, 2.24) is 14.8 Å². The maximum Gasteiger partial charge on any atom is 0.262 e. The van der Waals surface area contributed by atoms with Gasteiger partial charge < -0.3 is 4.90 Å². The molecule has 1 amide bonds. The van der Waals surface area contributed by atoms with Crippen LogP contribution in [0.25, 0.3) is 0 Å². The molecule has 2 heterocycles. The maximum atomic E-state index is 12.3. The lowest BCUT2D eigenvalue weighted by atomic mass is 10.2. The lowest BCUT2D eigenvalue weighted by Crippen LogP contribution is -2.25. The summed E-state index contributed by atoms with van der Waals surface area (Å²) in [5.41, 5.74) is 1.38. The highest BCUT2D eigenvalue weighted by atomic mass is 32.2. The lowest BCUT2D eigenvalue weighted by molar-refractivity contribution is 0.102. The molecule has 0 unspecified atom stereocenters. The van der Waals surface area contributed by atoms with Gasteiger partial charge in [0.25, 0.3) is 15.9 Å². The van der Waals surface area contributed by atoms with Gasteiger partial charge in [-0.2, -0.15) is 0 Å². The summed E-state index contributed by atoms with van der Waals surface area (Å²) >= 11 is 1.47. The number of amides is 1. The molecule has 134 valence electrons. The maximum absolute atomic E-state index is 12.3. The van der Waals surface area contributed by atoms with Gasteiger partial charge in [-0.15, -0.1) is 11.3 Å². The Morgan fingerprint density at radius 1 is 1.32 bits per heavy atom. The molecule has 1 aliphatic heterocycles. The molecule has 0 saturated carbocycles. The van der Waals surface area contributed by atoms with Gasteiger partial charge in [0, 0.05) is 30.0 Å². The number of aromatic nitrogens is 1. The number of hydrogen-bond donors (Lipinski definition) is 2. The number of hydrogen-bond acceptors (Lipinski definition) is 7. The van der Waals surface area contributed by atoms with E-state index < -0.39 is 10.0 Å². The van der Waals surface area contributed by atoms with E-state index in [1.807, 2.05) is 4.89 Å². The molecule has 2 aromatic rings. The molecule has 0 aliphatic carbocycles. The quantitative estimate of drug-likeness (QED) is 0.754. The van der Waals surface area contributed by atoms with E-state index >= 15 is 0 Å². The molecule has 0 radical (unpaired) electrons. The van der Waals surface area contributed by atoms with Crippen LogP contribution in [0, 0.1) is 0 Å². The smallest absolute Gasteiger partial charge is 0.262 e. The van der Waals surface area contributed by atoms with Crippen molar-refractivity contribution in [3.63, 3.8) is 0 Å². The zero-order chi connectivity index (χ0) is 18.0. The van der Waals surface area contributed by atoms with Crippen molar-refractivity contribution in [2.45, 2.75) is 17.9 Å². The Kier molecular flexibility index (Phi) is 5.16. The Labute approximate surface area is 149 Å². The normalized spacial score (nSPS) is 15.0. The van der Waals surface area contributed by atoms with Gasteiger partial charge >= 0.3 is 0 Å². The number of nitrogens with zero attached hydrogens (tertiary/aromatic N) is 2. The Bertz CT molecular complexity index is 877. The molecular weight excluding hydrogens is 364 g/mol. The lowest BCUT2D eigenvalue weighted by Gasteiger charge is -2.20. The van der Waals surface area contributed by atoms with E-state index in [4.69, 9.17) is 0 Å². The molecule has 0 atom stereocenters. The monoisotopic (exact) mass is 382 g/mol. The third-order valence-corrected chi connectivity index (χ3v) is 6.04. The Hall–Kier alpha value is -1.85. The van der Waals surface area contributed by atoms with E-state index in [-0.39, 0.29) is 10.8 Å². The second-order valence-electron chi connectivity index (χ2n) is 5.65. The van der Waals surface area contributed by atoms with Crippen molar-refractivity contribution < 1.29 is 18.0 Å². The van der Waals surface area contributed by atoms with Crippen molar-refractivity contribution in [3.05, 3.63) is 40.4 Å². The SMILES string of the molecule is CONS(=O)(=O)c1ccc(C(=O)Nc2nc3c(s2)CN(C)CC3)cc1. The minimum Gasteiger partial charge on any atom is -0.301 e. The van der Waals surface area contributed by atoms with Crippen LogP contribution < -0.4 is 10.2 Å². The highest BCUT2D eigenvalue weighted by Crippen LogP contribution is 2.28. The first-order chi connectivity index (χ1) is 11.9. The van der Waals surface area contributed by atoms with Crippen molar-refractivity contribution >= 4 is 32.4 Å². The van der Waals surface area contributed by atoms with Gasteiger partial charge in [0.15, 0.2) is 5.13 Å². The molecule has 8 nitrogen and oxygen atoms in total. The van der Waals surface area contributed by atoms with Crippen LogP contribution in [0.1, 0.15) is 20.9 Å². The highest BCUT2D eigenvalue weighted by molar-refractivity contribution is 7.89. The summed E-state index contributed by atoms with van der Waals surface area (Å²) < 4.78 is 23.6. The number of carbonyl (C=O) groups excluding carboxylic acids is 1. The number of likely N-dealkylation sites (N-methyl/N-ethyl adjacent to an activating group) is 1. The van der Waals surface area contributed by atoms with Crippen LogP contribution in [0.2, 0.25) is 0 Å². The summed E-state index contributed by atoms with van der Waals surface area (Å²) in [5.74, 6) is -0.330. The summed E-state index contributed by atoms with van der Waals surface area (Å²) in [4.78, 5) is 26.5. The molecular formula is C15H18N4O4S2. The molecule has 1 aliphatic rings. The molecule has 3 rings (SSSR count). The van der Waals surface area contributed by atoms with E-state index in [2.05, 4.69) is 27.1 Å². The number of thiazole rings is 1. The van der Waals surface area contributed by atoms with Gasteiger partial charge in [0.1, 0.15) is 0 Å². The topological polar surface area (TPSA) is 101 Å². The molecule has 1 aromatic heterocycles. The van der Waals surface area contributed by atoms with Crippen LogP contribution in [0.15, 0.2) is 29.2 Å². The van der Waals surface area contributed by atoms with Gasteiger partial charge in [-0.3, -0.25) is 14.9 Å². The average molecular weight is 382 g/mol. The van der Waals surface area contributed by atoms with Gasteiger partial charge in [-0.05, 0) is 31.3 Å². The summed E-state index contributed by atoms with van der Waals surface area (Å²) in [6.07, 6.45) is 0.872. The Morgan fingerprint density at radius 3 is 2.72 bits per heavy atom. The van der Waals surface area contributed by atoms with E-state index in [9.17, 15) is 13.2 Å². The minimum absolute atomic E-state index is 0.0126. The van der Waals surface area contributed by atoms with Crippen LogP contribution in [0.3, 0.4) is 0 Å². The summed E-state index contributed by atoms with van der Waals surface area (Å²) in [6, 6.07) is 5.58. The Balaban J connectivity index is 1.72. The molecule has 10 heteroatoms. The fourth-order valence-corrected chi connectivity index (χ4v) is 4.38. The van der Waals surface area contributed by atoms with Gasteiger partial charge in [-0.1, -0.05) is 4.89 Å². The number of fused-ring (bicyclic) bond motifs is 1. The second-order valence-corrected chi connectivity index (χ2v) is 8.37. The van der Waals surface area contributed by atoms with Crippen LogP contribution in [-0.2, 0) is 27.8 Å². The highest BCUT2D eigenvalue weighted by Gasteiger charge is 2.20. The van der Waals surface area contributed by atoms with E-state index in [0.717, 1.165) is 30.1 Å². The zero-order valence-electron chi connectivity index (χ0n) is 13.8. The number of sulfonamides is 1. The predicted octanol–water partition coefficient (Wildman–Crippen LogP) is 1.22. The summed E-state index contributed by atoms with van der Waals surface area (Å²) in [5, 5.41) is 3.33. The van der Waals surface area contributed by atoms with Crippen molar-refractivity contribution in [3.8, 4) is 0 Å². The van der Waals surface area contributed by atoms with E-state index in [1.54, 1.807) is 0 Å². The summed E-state index contributed by atoms with van der Waals surface area (Å²) in [7, 11) is -0.474. The third kappa shape index (κ3) is 4.05. The summed E-state index contributed by atoms with van der Waals surface area (Å²) in [6.45, 7) is 1.79. The predicted molar refractivity (Wildman–Crippen MR) is 93.9 cm³/mol. The third-order valence-electron chi connectivity index (χ3n) is 3.76. The largest absolute Gasteiger partial charge is 0.301 e. The average Bonchev–Trinajstić information content (AvgIpc) is 2.96. The number of nitrogens with one attached hydrogen (secondary N) is 2. The first-order valence-corrected chi connectivity index (χ1v) is 9.82. The number of anilines is 1. The molecule has 0 bridgehead atoms. The Morgan fingerprint density at radius 2 is 2.04 bits per heavy atom. The van der Waals surface area contributed by atoms with Crippen molar-refractivity contribution in [2.24, 2.45) is 0 Å². The van der Waals surface area contributed by atoms with Crippen LogP contribution >= 0.6 is 11.3 Å². The first-order valence-electron chi connectivity index (χ1n) is 7.52. The zero-order valence-corrected chi connectivity index (χ0v) is 15.4. The van der Waals surface area contributed by atoms with Crippen LogP contribution in [-0.4, -0.2) is 44.9 Å². The molecule has 0 fully saturated rings.